The maximum Gasteiger partial charge on any atom is 0.307 e. The van der Waals surface area contributed by atoms with Crippen molar-refractivity contribution in [2.24, 2.45) is 13.0 Å². The lowest BCUT2D eigenvalue weighted by molar-refractivity contribution is -0.120. The number of fused-ring (bicyclic) bond motifs is 1. The Morgan fingerprint density at radius 2 is 1.90 bits per heavy atom. The lowest BCUT2D eigenvalue weighted by atomic mass is 9.98. The fraction of sp³-hybridized carbons (Fsp3) is 0.333. The van der Waals surface area contributed by atoms with Crippen LogP contribution < -0.4 is 10.2 Å². The van der Waals surface area contributed by atoms with E-state index in [2.05, 4.69) is 5.32 Å². The zero-order valence-corrected chi connectivity index (χ0v) is 18.4. The minimum atomic E-state index is -3.63. The first-order valence-corrected chi connectivity index (χ1v) is 12.0. The van der Waals surface area contributed by atoms with Crippen molar-refractivity contribution >= 4 is 43.2 Å². The first-order valence-electron chi connectivity index (χ1n) is 9.73. The van der Waals surface area contributed by atoms with Crippen molar-refractivity contribution in [3.63, 3.8) is 0 Å². The van der Waals surface area contributed by atoms with Gasteiger partial charge in [-0.1, -0.05) is 29.0 Å². The van der Waals surface area contributed by atoms with E-state index in [9.17, 15) is 18.0 Å². The van der Waals surface area contributed by atoms with Crippen LogP contribution in [0.5, 0.6) is 0 Å². The second kappa shape index (κ2) is 7.98. The number of nitrogens with zero attached hydrogens (tertiary/aromatic N) is 2. The molecule has 1 amide bonds. The van der Waals surface area contributed by atoms with Crippen molar-refractivity contribution in [2.45, 2.75) is 24.7 Å². The number of anilines is 1. The summed E-state index contributed by atoms with van der Waals surface area (Å²) in [6, 6.07) is 12.1. The molecule has 1 aliphatic heterocycles. The summed E-state index contributed by atoms with van der Waals surface area (Å²) in [5.41, 5.74) is 2.41. The van der Waals surface area contributed by atoms with Crippen LogP contribution in [0.25, 0.3) is 10.2 Å². The molecule has 0 saturated carbocycles. The maximum absolute atomic E-state index is 13.0. The highest BCUT2D eigenvalue weighted by Crippen LogP contribution is 2.26. The Bertz CT molecular complexity index is 1260. The minimum Gasteiger partial charge on any atom is -0.326 e. The van der Waals surface area contributed by atoms with Crippen molar-refractivity contribution in [3.05, 3.63) is 57.7 Å². The average Bonchev–Trinajstić information content (AvgIpc) is 3.01. The minimum absolute atomic E-state index is 0.0577. The average molecular weight is 446 g/mol. The van der Waals surface area contributed by atoms with Crippen LogP contribution >= 0.6 is 11.3 Å². The normalized spacial score (nSPS) is 17.9. The summed E-state index contributed by atoms with van der Waals surface area (Å²) >= 11 is 1.13. The summed E-state index contributed by atoms with van der Waals surface area (Å²) in [7, 11) is -1.92. The molecular weight excluding hydrogens is 422 g/mol. The van der Waals surface area contributed by atoms with Crippen molar-refractivity contribution in [1.29, 1.82) is 0 Å². The number of sulfonamides is 1. The first-order chi connectivity index (χ1) is 14.3. The molecule has 2 heterocycles. The highest BCUT2D eigenvalue weighted by Gasteiger charge is 2.33. The Labute approximate surface area is 179 Å². The van der Waals surface area contributed by atoms with Gasteiger partial charge in [-0.25, -0.2) is 8.42 Å². The van der Waals surface area contributed by atoms with E-state index in [4.69, 9.17) is 0 Å². The van der Waals surface area contributed by atoms with Crippen LogP contribution in [0.1, 0.15) is 18.4 Å². The van der Waals surface area contributed by atoms with Gasteiger partial charge in [0, 0.05) is 25.8 Å². The van der Waals surface area contributed by atoms with Crippen LogP contribution in [-0.2, 0) is 21.9 Å². The van der Waals surface area contributed by atoms with Crippen molar-refractivity contribution in [2.75, 3.05) is 18.4 Å². The molecule has 1 aliphatic rings. The molecule has 30 heavy (non-hydrogen) atoms. The molecule has 4 rings (SSSR count). The Hall–Kier alpha value is -2.49. The topological polar surface area (TPSA) is 88.5 Å². The van der Waals surface area contributed by atoms with Gasteiger partial charge in [-0.05, 0) is 50.1 Å². The van der Waals surface area contributed by atoms with Crippen LogP contribution in [0.2, 0.25) is 0 Å². The number of piperidine rings is 1. The summed E-state index contributed by atoms with van der Waals surface area (Å²) in [6.45, 7) is 2.47. The standard InChI is InChI=1S/C21H23N3O4S2/c1-14-5-8-17(9-6-14)30(27,28)24-11-3-4-15(13-24)20(25)22-16-7-10-18-19(12-16)29-21(26)23(18)2/h5-10,12,15H,3-4,11,13H2,1-2H3,(H,22,25)/t15-/m0/s1. The van der Waals surface area contributed by atoms with E-state index in [0.29, 0.717) is 25.1 Å². The molecule has 9 heteroatoms. The molecule has 1 aromatic heterocycles. The monoisotopic (exact) mass is 445 g/mol. The lowest BCUT2D eigenvalue weighted by Crippen LogP contribution is -2.43. The quantitative estimate of drug-likeness (QED) is 0.669. The zero-order valence-electron chi connectivity index (χ0n) is 16.8. The van der Waals surface area contributed by atoms with Crippen LogP contribution in [0.4, 0.5) is 5.69 Å². The van der Waals surface area contributed by atoms with E-state index >= 15 is 0 Å². The number of hydrogen-bond donors (Lipinski definition) is 1. The molecular formula is C21H23N3O4S2. The second-order valence-electron chi connectivity index (χ2n) is 7.61. The largest absolute Gasteiger partial charge is 0.326 e. The van der Waals surface area contributed by atoms with Crippen LogP contribution in [0, 0.1) is 12.8 Å². The molecule has 1 saturated heterocycles. The van der Waals surface area contributed by atoms with Gasteiger partial charge in [0.15, 0.2) is 0 Å². The number of carbonyl (C=O) groups excluding carboxylic acids is 1. The van der Waals surface area contributed by atoms with Crippen molar-refractivity contribution in [1.82, 2.24) is 8.87 Å². The maximum atomic E-state index is 13.0. The number of carbonyl (C=O) groups is 1. The summed E-state index contributed by atoms with van der Waals surface area (Å²) in [5, 5.41) is 2.89. The van der Waals surface area contributed by atoms with Gasteiger partial charge in [0.1, 0.15) is 0 Å². The molecule has 0 aliphatic carbocycles. The van der Waals surface area contributed by atoms with E-state index < -0.39 is 15.9 Å². The van der Waals surface area contributed by atoms with E-state index in [1.54, 1.807) is 54.1 Å². The first kappa shape index (κ1) is 20.8. The number of hydrogen-bond acceptors (Lipinski definition) is 5. The Morgan fingerprint density at radius 1 is 1.17 bits per heavy atom. The molecule has 7 nitrogen and oxygen atoms in total. The Kier molecular flexibility index (Phi) is 5.52. The van der Waals surface area contributed by atoms with Gasteiger partial charge in [0.05, 0.1) is 21.0 Å². The SMILES string of the molecule is Cc1ccc(S(=O)(=O)N2CCC[C@H](C(=O)Nc3ccc4c(c3)sc(=O)n4C)C2)cc1. The third-order valence-corrected chi connectivity index (χ3v) is 8.35. The molecule has 0 spiro atoms. The smallest absolute Gasteiger partial charge is 0.307 e. The third kappa shape index (κ3) is 3.92. The van der Waals surface area contributed by atoms with Gasteiger partial charge in [0.2, 0.25) is 15.9 Å². The number of benzene rings is 2. The Morgan fingerprint density at radius 3 is 2.63 bits per heavy atom. The zero-order chi connectivity index (χ0) is 21.5. The molecule has 0 bridgehead atoms. The van der Waals surface area contributed by atoms with Gasteiger partial charge in [0.25, 0.3) is 0 Å². The number of rotatable bonds is 4. The number of aryl methyl sites for hydroxylation is 2. The lowest BCUT2D eigenvalue weighted by Gasteiger charge is -2.31. The highest BCUT2D eigenvalue weighted by atomic mass is 32.2. The fourth-order valence-corrected chi connectivity index (χ4v) is 6.13. The molecule has 0 unspecified atom stereocenters. The Balaban J connectivity index is 1.49. The molecule has 158 valence electrons. The van der Waals surface area contributed by atoms with Crippen molar-refractivity contribution in [3.8, 4) is 0 Å². The van der Waals surface area contributed by atoms with E-state index in [0.717, 1.165) is 27.1 Å². The predicted octanol–water partition coefficient (Wildman–Crippen LogP) is 2.95. The van der Waals surface area contributed by atoms with E-state index in [1.165, 1.54) is 4.31 Å². The van der Waals surface area contributed by atoms with Crippen molar-refractivity contribution < 1.29 is 13.2 Å². The summed E-state index contributed by atoms with van der Waals surface area (Å²) in [6.07, 6.45) is 1.26. The van der Waals surface area contributed by atoms with Gasteiger partial charge in [-0.2, -0.15) is 4.31 Å². The summed E-state index contributed by atoms with van der Waals surface area (Å²) < 4.78 is 29.7. The predicted molar refractivity (Wildman–Crippen MR) is 118 cm³/mol. The van der Waals surface area contributed by atoms with Crippen LogP contribution in [0.3, 0.4) is 0 Å². The number of thiazole rings is 1. The highest BCUT2D eigenvalue weighted by molar-refractivity contribution is 7.89. The molecule has 3 aromatic rings. The van der Waals surface area contributed by atoms with E-state index in [1.807, 2.05) is 6.92 Å². The van der Waals surface area contributed by atoms with Gasteiger partial charge in [-0.15, -0.1) is 0 Å². The molecule has 1 N–H and O–H groups in total. The van der Waals surface area contributed by atoms with Gasteiger partial charge < -0.3 is 9.88 Å². The third-order valence-electron chi connectivity index (χ3n) is 5.47. The molecule has 1 fully saturated rings. The van der Waals surface area contributed by atoms with Crippen LogP contribution in [-0.4, -0.2) is 36.3 Å². The fourth-order valence-electron chi connectivity index (χ4n) is 3.69. The summed E-state index contributed by atoms with van der Waals surface area (Å²) in [5.74, 6) is -0.634. The van der Waals surface area contributed by atoms with E-state index in [-0.39, 0.29) is 22.2 Å². The number of nitrogens with one attached hydrogen (secondary N) is 1. The molecule has 0 radical (unpaired) electrons. The van der Waals surface area contributed by atoms with Gasteiger partial charge >= 0.3 is 4.87 Å². The van der Waals surface area contributed by atoms with Gasteiger partial charge in [-0.3, -0.25) is 9.59 Å². The number of aromatic nitrogens is 1. The van der Waals surface area contributed by atoms with Crippen LogP contribution in [0.15, 0.2) is 52.2 Å². The summed E-state index contributed by atoms with van der Waals surface area (Å²) in [4.78, 5) is 24.8. The number of amides is 1. The molecule has 1 atom stereocenters. The second-order valence-corrected chi connectivity index (χ2v) is 10.5. The molecule has 2 aromatic carbocycles.